The van der Waals surface area contributed by atoms with Crippen LogP contribution in [-0.4, -0.2) is 11.0 Å². The third-order valence-electron chi connectivity index (χ3n) is 3.74. The first-order chi connectivity index (χ1) is 8.40. The molecule has 2 rings (SSSR count). The third-order valence-corrected chi connectivity index (χ3v) is 3.98. The van der Waals surface area contributed by atoms with E-state index in [4.69, 9.17) is 11.6 Å². The Bertz CT molecular complexity index is 474. The van der Waals surface area contributed by atoms with E-state index in [9.17, 15) is 10.1 Å². The summed E-state index contributed by atoms with van der Waals surface area (Å²) >= 11 is 5.80. The smallest absolute Gasteiger partial charge is 0.293 e. The highest BCUT2D eigenvalue weighted by atomic mass is 35.5. The molecule has 0 amide bonds. The largest absolute Gasteiger partial charge is 0.376 e. The lowest BCUT2D eigenvalue weighted by atomic mass is 9.87. The van der Waals surface area contributed by atoms with Crippen molar-refractivity contribution < 1.29 is 4.92 Å². The van der Waals surface area contributed by atoms with Crippen LogP contribution >= 0.6 is 11.6 Å². The Morgan fingerprint density at radius 2 is 2.22 bits per heavy atom. The average Bonchev–Trinajstić information content (AvgIpc) is 2.60. The molecule has 1 saturated carbocycles. The summed E-state index contributed by atoms with van der Waals surface area (Å²) in [6.45, 7) is 4.39. The van der Waals surface area contributed by atoms with Crippen LogP contribution in [0.2, 0.25) is 5.02 Å². The minimum absolute atomic E-state index is 0.0465. The molecule has 1 aromatic rings. The average molecular weight is 269 g/mol. The van der Waals surface area contributed by atoms with Gasteiger partial charge in [-0.15, -0.1) is 0 Å². The monoisotopic (exact) mass is 268 g/mol. The summed E-state index contributed by atoms with van der Waals surface area (Å²) in [6.07, 6.45) is 3.35. The van der Waals surface area contributed by atoms with E-state index in [1.807, 2.05) is 0 Å². The zero-order chi connectivity index (χ0) is 13.3. The molecule has 1 unspecified atom stereocenters. The first-order valence-corrected chi connectivity index (χ1v) is 6.48. The van der Waals surface area contributed by atoms with Crippen LogP contribution in [0.3, 0.4) is 0 Å². The normalized spacial score (nSPS) is 21.8. The lowest BCUT2D eigenvalue weighted by molar-refractivity contribution is -0.384. The molecule has 98 valence electrons. The molecule has 1 aliphatic carbocycles. The fourth-order valence-electron chi connectivity index (χ4n) is 2.56. The zero-order valence-electron chi connectivity index (χ0n) is 10.6. The van der Waals surface area contributed by atoms with Crippen LogP contribution in [0.25, 0.3) is 0 Å². The van der Waals surface area contributed by atoms with Gasteiger partial charge in [0.1, 0.15) is 5.69 Å². The van der Waals surface area contributed by atoms with Gasteiger partial charge in [-0.3, -0.25) is 10.1 Å². The summed E-state index contributed by atoms with van der Waals surface area (Å²) in [4.78, 5) is 10.6. The Balaban J connectivity index is 2.26. The van der Waals surface area contributed by atoms with E-state index >= 15 is 0 Å². The maximum atomic E-state index is 11.0. The maximum Gasteiger partial charge on any atom is 0.293 e. The van der Waals surface area contributed by atoms with Crippen LogP contribution in [0.5, 0.6) is 0 Å². The van der Waals surface area contributed by atoms with Gasteiger partial charge in [-0.2, -0.15) is 0 Å². The van der Waals surface area contributed by atoms with Crippen LogP contribution in [0.15, 0.2) is 18.2 Å². The molecule has 1 atom stereocenters. The summed E-state index contributed by atoms with van der Waals surface area (Å²) in [5.74, 6) is 0. The third kappa shape index (κ3) is 2.58. The predicted octanol–water partition coefficient (Wildman–Crippen LogP) is 4.24. The van der Waals surface area contributed by atoms with Crippen molar-refractivity contribution >= 4 is 23.0 Å². The summed E-state index contributed by atoms with van der Waals surface area (Å²) in [6, 6.07) is 5.04. The maximum absolute atomic E-state index is 11.0. The molecular formula is C13H17ClN2O2. The van der Waals surface area contributed by atoms with Gasteiger partial charge < -0.3 is 5.32 Å². The number of benzene rings is 1. The van der Waals surface area contributed by atoms with Crippen molar-refractivity contribution in [3.05, 3.63) is 33.3 Å². The predicted molar refractivity (Wildman–Crippen MR) is 73.1 cm³/mol. The van der Waals surface area contributed by atoms with Crippen molar-refractivity contribution in [1.29, 1.82) is 0 Å². The highest BCUT2D eigenvalue weighted by Crippen LogP contribution is 2.40. The van der Waals surface area contributed by atoms with E-state index in [-0.39, 0.29) is 17.1 Å². The van der Waals surface area contributed by atoms with Gasteiger partial charge >= 0.3 is 0 Å². The lowest BCUT2D eigenvalue weighted by Crippen LogP contribution is -2.31. The molecule has 1 aromatic carbocycles. The zero-order valence-corrected chi connectivity index (χ0v) is 11.3. The van der Waals surface area contributed by atoms with Gasteiger partial charge in [0.25, 0.3) is 5.69 Å². The molecule has 0 aliphatic heterocycles. The highest BCUT2D eigenvalue weighted by Gasteiger charge is 2.35. The van der Waals surface area contributed by atoms with Crippen molar-refractivity contribution in [1.82, 2.24) is 0 Å². The molecule has 1 N–H and O–H groups in total. The van der Waals surface area contributed by atoms with Gasteiger partial charge in [-0.25, -0.2) is 0 Å². The molecule has 0 bridgehead atoms. The van der Waals surface area contributed by atoms with Crippen molar-refractivity contribution in [3.63, 3.8) is 0 Å². The van der Waals surface area contributed by atoms with Crippen LogP contribution in [-0.2, 0) is 0 Å². The van der Waals surface area contributed by atoms with E-state index in [1.165, 1.54) is 6.07 Å². The molecule has 0 aromatic heterocycles. The van der Waals surface area contributed by atoms with Gasteiger partial charge in [0.2, 0.25) is 0 Å². The van der Waals surface area contributed by atoms with Crippen LogP contribution in [0.1, 0.15) is 33.1 Å². The first kappa shape index (κ1) is 13.1. The number of halogens is 1. The second kappa shape index (κ2) is 4.76. The Hall–Kier alpha value is -1.29. The van der Waals surface area contributed by atoms with Crippen molar-refractivity contribution in [2.75, 3.05) is 5.32 Å². The minimum atomic E-state index is -0.393. The summed E-state index contributed by atoms with van der Waals surface area (Å²) in [7, 11) is 0. The number of hydrogen-bond donors (Lipinski definition) is 1. The van der Waals surface area contributed by atoms with Crippen molar-refractivity contribution in [2.24, 2.45) is 5.41 Å². The fourth-order valence-corrected chi connectivity index (χ4v) is 2.73. The first-order valence-electron chi connectivity index (χ1n) is 6.10. The van der Waals surface area contributed by atoms with E-state index < -0.39 is 4.92 Å². The topological polar surface area (TPSA) is 55.2 Å². The molecule has 1 aliphatic rings. The number of hydrogen-bond acceptors (Lipinski definition) is 3. The van der Waals surface area contributed by atoms with Crippen molar-refractivity contribution in [2.45, 2.75) is 39.2 Å². The quantitative estimate of drug-likeness (QED) is 0.659. The number of nitro benzene ring substituents is 1. The minimum Gasteiger partial charge on any atom is -0.376 e. The molecule has 4 nitrogen and oxygen atoms in total. The Morgan fingerprint density at radius 1 is 1.50 bits per heavy atom. The van der Waals surface area contributed by atoms with Crippen LogP contribution in [0.4, 0.5) is 11.4 Å². The number of nitrogens with one attached hydrogen (secondary N) is 1. The van der Waals surface area contributed by atoms with Crippen molar-refractivity contribution in [3.8, 4) is 0 Å². The van der Waals surface area contributed by atoms with E-state index in [0.717, 1.165) is 19.3 Å². The second-order valence-corrected chi connectivity index (χ2v) is 5.93. The molecule has 5 heteroatoms. The molecule has 1 fully saturated rings. The van der Waals surface area contributed by atoms with E-state index in [1.54, 1.807) is 12.1 Å². The number of anilines is 1. The number of nitrogens with zero attached hydrogens (tertiary/aromatic N) is 1. The van der Waals surface area contributed by atoms with Gasteiger partial charge in [0.15, 0.2) is 0 Å². The number of rotatable bonds is 3. The summed E-state index contributed by atoms with van der Waals surface area (Å²) < 4.78 is 0. The number of nitro groups is 1. The molecule has 0 radical (unpaired) electrons. The Kier molecular flexibility index (Phi) is 3.48. The van der Waals surface area contributed by atoms with E-state index in [0.29, 0.717) is 10.7 Å². The molecule has 0 saturated heterocycles. The Labute approximate surface area is 111 Å². The molecular weight excluding hydrogens is 252 g/mol. The van der Waals surface area contributed by atoms with Crippen LogP contribution in [0, 0.1) is 15.5 Å². The van der Waals surface area contributed by atoms with Crippen LogP contribution < -0.4 is 5.32 Å². The Morgan fingerprint density at radius 3 is 2.78 bits per heavy atom. The van der Waals surface area contributed by atoms with Gasteiger partial charge in [0, 0.05) is 17.1 Å². The van der Waals surface area contributed by atoms with Gasteiger partial charge in [0.05, 0.1) is 4.92 Å². The molecule has 0 heterocycles. The van der Waals surface area contributed by atoms with Gasteiger partial charge in [-0.05, 0) is 30.4 Å². The fraction of sp³-hybridized carbons (Fsp3) is 0.538. The van der Waals surface area contributed by atoms with Gasteiger partial charge in [-0.1, -0.05) is 31.9 Å². The summed E-state index contributed by atoms with van der Waals surface area (Å²) in [5, 5.41) is 14.7. The SMILES string of the molecule is CC1(C)CCCC1Nc1ccc(Cl)cc1[N+](=O)[O-]. The molecule has 0 spiro atoms. The lowest BCUT2D eigenvalue weighted by Gasteiger charge is -2.28. The summed E-state index contributed by atoms with van der Waals surface area (Å²) in [5.41, 5.74) is 0.780. The second-order valence-electron chi connectivity index (χ2n) is 5.50. The molecule has 18 heavy (non-hydrogen) atoms. The van der Waals surface area contributed by atoms with E-state index in [2.05, 4.69) is 19.2 Å². The standard InChI is InChI=1S/C13H17ClN2O2/c1-13(2)7-3-4-12(13)15-10-6-5-9(14)8-11(10)16(17)18/h5-6,8,12,15H,3-4,7H2,1-2H3. The highest BCUT2D eigenvalue weighted by molar-refractivity contribution is 6.30.